The first kappa shape index (κ1) is 10.1. The van der Waals surface area contributed by atoms with Crippen molar-refractivity contribution in [3.8, 4) is 6.07 Å². The van der Waals surface area contributed by atoms with Crippen LogP contribution < -0.4 is 0 Å². The second-order valence-corrected chi connectivity index (χ2v) is 3.00. The molecule has 0 saturated heterocycles. The quantitative estimate of drug-likeness (QED) is 0.693. The Balaban J connectivity index is 2.46. The fourth-order valence-corrected chi connectivity index (χ4v) is 1.27. The second kappa shape index (κ2) is 3.98. The monoisotopic (exact) mass is 216 g/mol. The van der Waals surface area contributed by atoms with Crippen LogP contribution >= 0.6 is 0 Å². The van der Waals surface area contributed by atoms with Gasteiger partial charge in [0.1, 0.15) is 11.6 Å². The summed E-state index contributed by atoms with van der Waals surface area (Å²) in [6.45, 7) is 2.03. The Labute approximate surface area is 91.1 Å². The molecule has 0 aliphatic rings. The Bertz CT molecular complexity index is 582. The molecule has 16 heavy (non-hydrogen) atoms. The van der Waals surface area contributed by atoms with Crippen LogP contribution in [0, 0.1) is 11.3 Å². The van der Waals surface area contributed by atoms with Crippen LogP contribution in [0.1, 0.15) is 22.8 Å². The maximum absolute atomic E-state index is 11.4. The highest BCUT2D eigenvalue weighted by atomic mass is 16.5. The predicted molar refractivity (Wildman–Crippen MR) is 53.7 cm³/mol. The molecule has 0 amide bonds. The van der Waals surface area contributed by atoms with Gasteiger partial charge in [-0.25, -0.2) is 14.3 Å². The minimum absolute atomic E-state index is 0.305. The van der Waals surface area contributed by atoms with E-state index in [1.165, 1.54) is 23.1 Å². The molecule has 0 aliphatic heterocycles. The minimum Gasteiger partial charge on any atom is -0.462 e. The second-order valence-electron chi connectivity index (χ2n) is 3.00. The summed E-state index contributed by atoms with van der Waals surface area (Å²) < 4.78 is 6.20. The van der Waals surface area contributed by atoms with E-state index >= 15 is 0 Å². The van der Waals surface area contributed by atoms with Crippen molar-refractivity contribution in [2.45, 2.75) is 6.92 Å². The molecule has 2 aromatic heterocycles. The summed E-state index contributed by atoms with van der Waals surface area (Å²) >= 11 is 0. The van der Waals surface area contributed by atoms with Crippen molar-refractivity contribution in [2.24, 2.45) is 0 Å². The van der Waals surface area contributed by atoms with E-state index in [1.54, 1.807) is 6.92 Å². The zero-order valence-corrected chi connectivity index (χ0v) is 8.54. The van der Waals surface area contributed by atoms with E-state index in [9.17, 15) is 4.79 Å². The summed E-state index contributed by atoms with van der Waals surface area (Å²) in [6.07, 6.45) is 4.26. The molecule has 0 spiro atoms. The smallest absolute Gasteiger partial charge is 0.341 e. The van der Waals surface area contributed by atoms with E-state index in [4.69, 9.17) is 10.00 Å². The van der Waals surface area contributed by atoms with E-state index in [0.717, 1.165) is 0 Å². The molecule has 2 heterocycles. The van der Waals surface area contributed by atoms with E-state index in [0.29, 0.717) is 23.4 Å². The predicted octanol–water partition coefficient (Wildman–Crippen LogP) is 0.778. The molecule has 0 aromatic carbocycles. The van der Waals surface area contributed by atoms with Crippen molar-refractivity contribution < 1.29 is 9.53 Å². The maximum atomic E-state index is 11.4. The first-order valence-electron chi connectivity index (χ1n) is 4.67. The third-order valence-electron chi connectivity index (χ3n) is 1.99. The molecule has 6 nitrogen and oxygen atoms in total. The van der Waals surface area contributed by atoms with Gasteiger partial charge in [-0.05, 0) is 6.92 Å². The third-order valence-corrected chi connectivity index (χ3v) is 1.99. The van der Waals surface area contributed by atoms with Crippen LogP contribution in [0.4, 0.5) is 0 Å². The Morgan fingerprint density at radius 2 is 2.44 bits per heavy atom. The molecule has 0 atom stereocenters. The lowest BCUT2D eigenvalue weighted by molar-refractivity contribution is 0.0525. The van der Waals surface area contributed by atoms with E-state index in [1.807, 2.05) is 6.07 Å². The highest BCUT2D eigenvalue weighted by Crippen LogP contribution is 2.08. The van der Waals surface area contributed by atoms with Crippen LogP contribution in [0.2, 0.25) is 0 Å². The van der Waals surface area contributed by atoms with E-state index in [2.05, 4.69) is 10.1 Å². The molecular weight excluding hydrogens is 208 g/mol. The van der Waals surface area contributed by atoms with Gasteiger partial charge in [0.15, 0.2) is 5.65 Å². The molecule has 0 N–H and O–H groups in total. The number of esters is 1. The van der Waals surface area contributed by atoms with Crippen molar-refractivity contribution in [1.29, 1.82) is 5.26 Å². The van der Waals surface area contributed by atoms with Crippen LogP contribution in [-0.2, 0) is 4.74 Å². The van der Waals surface area contributed by atoms with Crippen LogP contribution in [-0.4, -0.2) is 27.2 Å². The molecule has 0 aliphatic carbocycles. The summed E-state index contributed by atoms with van der Waals surface area (Å²) in [4.78, 5) is 15.4. The zero-order valence-electron chi connectivity index (χ0n) is 8.54. The maximum Gasteiger partial charge on any atom is 0.341 e. The highest BCUT2D eigenvalue weighted by molar-refractivity contribution is 5.89. The number of carbonyl (C=O) groups excluding carboxylic acids is 1. The number of ether oxygens (including phenoxy) is 1. The Morgan fingerprint density at radius 3 is 3.12 bits per heavy atom. The van der Waals surface area contributed by atoms with Crippen LogP contribution in [0.5, 0.6) is 0 Å². The van der Waals surface area contributed by atoms with Crippen LogP contribution in [0.25, 0.3) is 5.65 Å². The van der Waals surface area contributed by atoms with Gasteiger partial charge in [-0.3, -0.25) is 0 Å². The average Bonchev–Trinajstić information content (AvgIpc) is 2.71. The van der Waals surface area contributed by atoms with Gasteiger partial charge in [0.25, 0.3) is 0 Å². The lowest BCUT2D eigenvalue weighted by atomic mass is 10.3. The molecule has 2 rings (SSSR count). The fraction of sp³-hybridized carbons (Fsp3) is 0.200. The van der Waals surface area contributed by atoms with Gasteiger partial charge in [-0.15, -0.1) is 0 Å². The fourth-order valence-electron chi connectivity index (χ4n) is 1.27. The standard InChI is InChI=1S/C10H8N4O2/c1-2-16-10(15)8-4-12-9-7(3-11)5-13-14(9)6-8/h4-6H,2H2,1H3. The summed E-state index contributed by atoms with van der Waals surface area (Å²) in [6, 6.07) is 1.96. The van der Waals surface area contributed by atoms with Crippen molar-refractivity contribution in [2.75, 3.05) is 6.61 Å². The van der Waals surface area contributed by atoms with Gasteiger partial charge >= 0.3 is 5.97 Å². The number of carbonyl (C=O) groups is 1. The van der Waals surface area contributed by atoms with Gasteiger partial charge in [-0.2, -0.15) is 10.4 Å². The van der Waals surface area contributed by atoms with Gasteiger partial charge in [0, 0.05) is 12.4 Å². The van der Waals surface area contributed by atoms with Crippen molar-refractivity contribution >= 4 is 11.6 Å². The van der Waals surface area contributed by atoms with Crippen LogP contribution in [0.15, 0.2) is 18.6 Å². The average molecular weight is 216 g/mol. The number of aromatic nitrogens is 3. The number of hydrogen-bond donors (Lipinski definition) is 0. The van der Waals surface area contributed by atoms with Gasteiger partial charge in [0.05, 0.1) is 18.4 Å². The first-order valence-corrected chi connectivity index (χ1v) is 4.67. The molecule has 0 unspecified atom stereocenters. The van der Waals surface area contributed by atoms with Gasteiger partial charge in [0.2, 0.25) is 0 Å². The van der Waals surface area contributed by atoms with E-state index in [-0.39, 0.29) is 0 Å². The van der Waals surface area contributed by atoms with Crippen molar-refractivity contribution in [3.05, 3.63) is 29.7 Å². The molecule has 6 heteroatoms. The van der Waals surface area contributed by atoms with Crippen molar-refractivity contribution in [1.82, 2.24) is 14.6 Å². The molecule has 0 saturated carbocycles. The summed E-state index contributed by atoms with van der Waals surface area (Å²) in [5.74, 6) is -0.453. The summed E-state index contributed by atoms with van der Waals surface area (Å²) in [5.41, 5.74) is 1.10. The Kier molecular flexibility index (Phi) is 2.52. The molecule has 0 fully saturated rings. The number of hydrogen-bond acceptors (Lipinski definition) is 5. The molecule has 80 valence electrons. The number of rotatable bonds is 2. The lowest BCUT2D eigenvalue weighted by Gasteiger charge is -2.01. The number of nitriles is 1. The van der Waals surface area contributed by atoms with Crippen molar-refractivity contribution in [3.63, 3.8) is 0 Å². The Hall–Kier alpha value is -2.42. The summed E-state index contributed by atoms with van der Waals surface area (Å²) in [7, 11) is 0. The molecule has 0 bridgehead atoms. The SMILES string of the molecule is CCOC(=O)c1cnc2c(C#N)cnn2c1. The normalized spacial score (nSPS) is 10.0. The largest absolute Gasteiger partial charge is 0.462 e. The Morgan fingerprint density at radius 1 is 1.62 bits per heavy atom. The van der Waals surface area contributed by atoms with Gasteiger partial charge in [-0.1, -0.05) is 0 Å². The minimum atomic E-state index is -0.453. The van der Waals surface area contributed by atoms with Gasteiger partial charge < -0.3 is 4.74 Å². The van der Waals surface area contributed by atoms with E-state index < -0.39 is 5.97 Å². The topological polar surface area (TPSA) is 80.3 Å². The number of nitrogens with zero attached hydrogens (tertiary/aromatic N) is 4. The molecule has 0 radical (unpaired) electrons. The molecule has 2 aromatic rings. The first-order chi connectivity index (χ1) is 7.76. The highest BCUT2D eigenvalue weighted by Gasteiger charge is 2.10. The van der Waals surface area contributed by atoms with Crippen LogP contribution in [0.3, 0.4) is 0 Å². The zero-order chi connectivity index (χ0) is 11.5. The summed E-state index contributed by atoms with van der Waals surface area (Å²) in [5, 5.41) is 12.7. The molecular formula is C10H8N4O2. The number of fused-ring (bicyclic) bond motifs is 1. The third kappa shape index (κ3) is 1.59. The lowest BCUT2D eigenvalue weighted by Crippen LogP contribution is -2.07.